The number of carbonyl (C=O) groups is 1. The lowest BCUT2D eigenvalue weighted by molar-refractivity contribution is -0.902. The molecular weight excluding hydrogens is 352 g/mol. The highest BCUT2D eigenvalue weighted by Crippen LogP contribution is 2.24. The topological polar surface area (TPSA) is 89.6 Å². The van der Waals surface area contributed by atoms with Crippen molar-refractivity contribution in [1.82, 2.24) is 4.98 Å². The Labute approximate surface area is 154 Å². The molecule has 0 bridgehead atoms. The van der Waals surface area contributed by atoms with Gasteiger partial charge in [0, 0.05) is 17.8 Å². The maximum Gasteiger partial charge on any atom is 0.279 e. The number of non-ortho nitro benzene ring substituents is 1. The predicted octanol–water partition coefficient (Wildman–Crippen LogP) is 2.42. The second kappa shape index (κ2) is 7.59. The minimum absolute atomic E-state index is 0.00444. The van der Waals surface area contributed by atoms with Gasteiger partial charge in [0.2, 0.25) is 0 Å². The number of para-hydroxylation sites is 1. The number of nitro groups is 1. The number of quaternary nitrogens is 1. The highest BCUT2D eigenvalue weighted by Gasteiger charge is 2.22. The molecular formula is C18H19N4O3S+. The first-order valence-electron chi connectivity index (χ1n) is 8.16. The van der Waals surface area contributed by atoms with E-state index in [9.17, 15) is 14.9 Å². The van der Waals surface area contributed by atoms with Crippen LogP contribution in [-0.4, -0.2) is 29.4 Å². The molecule has 2 aromatic carbocycles. The van der Waals surface area contributed by atoms with Crippen molar-refractivity contribution in [2.24, 2.45) is 0 Å². The molecule has 26 heavy (non-hydrogen) atoms. The molecule has 2 atom stereocenters. The van der Waals surface area contributed by atoms with Crippen LogP contribution in [0.4, 0.5) is 11.4 Å². The molecule has 1 amide bonds. The molecule has 0 fully saturated rings. The fraction of sp³-hybridized carbons (Fsp3) is 0.222. The Morgan fingerprint density at radius 3 is 2.62 bits per heavy atom. The van der Waals surface area contributed by atoms with Crippen LogP contribution in [0.2, 0.25) is 0 Å². The summed E-state index contributed by atoms with van der Waals surface area (Å²) in [6, 6.07) is 13.9. The SMILES string of the molecule is C[C@@H](c1nc2ccccc2s1)[NH+](C)CC(=O)Nc1ccc([N+](=O)[O-])cc1. The molecule has 134 valence electrons. The van der Waals surface area contributed by atoms with E-state index in [1.165, 1.54) is 24.3 Å². The van der Waals surface area contributed by atoms with Crippen molar-refractivity contribution in [2.75, 3.05) is 18.9 Å². The van der Waals surface area contributed by atoms with Gasteiger partial charge in [-0.2, -0.15) is 0 Å². The molecule has 1 unspecified atom stereocenters. The number of aromatic nitrogens is 1. The van der Waals surface area contributed by atoms with Gasteiger partial charge >= 0.3 is 0 Å². The molecule has 0 aliphatic heterocycles. The van der Waals surface area contributed by atoms with Gasteiger partial charge in [0.1, 0.15) is 6.04 Å². The van der Waals surface area contributed by atoms with E-state index in [0.29, 0.717) is 5.69 Å². The zero-order chi connectivity index (χ0) is 18.7. The number of rotatable bonds is 6. The summed E-state index contributed by atoms with van der Waals surface area (Å²) < 4.78 is 1.14. The third-order valence-electron chi connectivity index (χ3n) is 4.22. The van der Waals surface area contributed by atoms with E-state index in [4.69, 9.17) is 0 Å². The molecule has 3 aromatic rings. The van der Waals surface area contributed by atoms with E-state index in [2.05, 4.69) is 10.3 Å². The van der Waals surface area contributed by atoms with Gasteiger partial charge in [-0.05, 0) is 31.2 Å². The van der Waals surface area contributed by atoms with Crippen molar-refractivity contribution in [3.05, 3.63) is 63.7 Å². The molecule has 8 heteroatoms. The Bertz CT molecular complexity index is 906. The number of hydrogen-bond acceptors (Lipinski definition) is 5. The number of hydrogen-bond donors (Lipinski definition) is 2. The van der Waals surface area contributed by atoms with Gasteiger partial charge in [-0.1, -0.05) is 12.1 Å². The number of nitrogens with zero attached hydrogens (tertiary/aromatic N) is 2. The fourth-order valence-electron chi connectivity index (χ4n) is 2.56. The third kappa shape index (κ3) is 4.04. The second-order valence-electron chi connectivity index (χ2n) is 6.12. The predicted molar refractivity (Wildman–Crippen MR) is 102 cm³/mol. The van der Waals surface area contributed by atoms with E-state index in [0.717, 1.165) is 20.1 Å². The first kappa shape index (κ1) is 18.0. The number of anilines is 1. The molecule has 0 spiro atoms. The van der Waals surface area contributed by atoms with Crippen LogP contribution in [0.5, 0.6) is 0 Å². The number of thiazole rings is 1. The van der Waals surface area contributed by atoms with Crippen molar-refractivity contribution in [2.45, 2.75) is 13.0 Å². The first-order chi connectivity index (χ1) is 12.4. The maximum atomic E-state index is 12.3. The lowest BCUT2D eigenvalue weighted by atomic mass is 10.2. The van der Waals surface area contributed by atoms with Crippen LogP contribution in [0.1, 0.15) is 18.0 Å². The van der Waals surface area contributed by atoms with Crippen LogP contribution in [0.15, 0.2) is 48.5 Å². The van der Waals surface area contributed by atoms with Crippen LogP contribution in [0.25, 0.3) is 10.2 Å². The molecule has 2 N–H and O–H groups in total. The minimum atomic E-state index is -0.469. The lowest BCUT2D eigenvalue weighted by Gasteiger charge is -2.19. The molecule has 1 heterocycles. The molecule has 3 rings (SSSR count). The second-order valence-corrected chi connectivity index (χ2v) is 7.18. The van der Waals surface area contributed by atoms with Crippen molar-refractivity contribution < 1.29 is 14.6 Å². The number of likely N-dealkylation sites (N-methyl/N-ethyl adjacent to an activating group) is 1. The molecule has 0 radical (unpaired) electrons. The van der Waals surface area contributed by atoms with E-state index in [1.807, 2.05) is 38.2 Å². The minimum Gasteiger partial charge on any atom is -0.322 e. The monoisotopic (exact) mass is 371 g/mol. The molecule has 0 aliphatic carbocycles. The number of benzene rings is 2. The van der Waals surface area contributed by atoms with Crippen LogP contribution in [-0.2, 0) is 4.79 Å². The van der Waals surface area contributed by atoms with E-state index < -0.39 is 4.92 Å². The first-order valence-corrected chi connectivity index (χ1v) is 8.98. The van der Waals surface area contributed by atoms with Gasteiger partial charge in [-0.25, -0.2) is 4.98 Å². The summed E-state index contributed by atoms with van der Waals surface area (Å²) in [6.07, 6.45) is 0. The van der Waals surface area contributed by atoms with Crippen LogP contribution in [0.3, 0.4) is 0 Å². The summed E-state index contributed by atoms with van der Waals surface area (Å²) in [7, 11) is 1.95. The Kier molecular flexibility index (Phi) is 5.24. The van der Waals surface area contributed by atoms with Crippen molar-refractivity contribution in [1.29, 1.82) is 0 Å². The van der Waals surface area contributed by atoms with Crippen molar-refractivity contribution in [3.8, 4) is 0 Å². The normalized spacial score (nSPS) is 13.3. The maximum absolute atomic E-state index is 12.3. The highest BCUT2D eigenvalue weighted by molar-refractivity contribution is 7.18. The quantitative estimate of drug-likeness (QED) is 0.514. The number of nitro benzene ring substituents is 1. The summed E-state index contributed by atoms with van der Waals surface area (Å²) in [5.74, 6) is -0.149. The summed E-state index contributed by atoms with van der Waals surface area (Å²) in [5.41, 5.74) is 1.51. The number of amides is 1. The van der Waals surface area contributed by atoms with Crippen LogP contribution >= 0.6 is 11.3 Å². The average molecular weight is 371 g/mol. The number of nitrogens with one attached hydrogen (secondary N) is 2. The van der Waals surface area contributed by atoms with Gasteiger partial charge in [0.05, 0.1) is 22.2 Å². The molecule has 0 saturated heterocycles. The van der Waals surface area contributed by atoms with E-state index in [-0.39, 0.29) is 24.2 Å². The standard InChI is InChI=1S/C18H18N4O3S/c1-12(18-20-15-5-3-4-6-16(15)26-18)21(2)11-17(23)19-13-7-9-14(10-8-13)22(24)25/h3-10,12H,11H2,1-2H3,(H,19,23)/p+1/t12-/m0/s1. The van der Waals surface area contributed by atoms with Gasteiger partial charge in [0.25, 0.3) is 11.6 Å². The van der Waals surface area contributed by atoms with Gasteiger partial charge < -0.3 is 10.2 Å². The number of carbonyl (C=O) groups excluding carboxylic acids is 1. The molecule has 1 aromatic heterocycles. The largest absolute Gasteiger partial charge is 0.322 e. The summed E-state index contributed by atoms with van der Waals surface area (Å²) in [4.78, 5) is 28.1. The third-order valence-corrected chi connectivity index (χ3v) is 5.44. The van der Waals surface area contributed by atoms with Gasteiger partial charge in [-0.15, -0.1) is 11.3 Å². The fourth-order valence-corrected chi connectivity index (χ4v) is 3.68. The van der Waals surface area contributed by atoms with E-state index >= 15 is 0 Å². The summed E-state index contributed by atoms with van der Waals surface area (Å²) in [5, 5.41) is 14.4. The van der Waals surface area contributed by atoms with Crippen molar-refractivity contribution >= 4 is 38.8 Å². The van der Waals surface area contributed by atoms with Gasteiger partial charge in [-0.3, -0.25) is 14.9 Å². The molecule has 0 saturated carbocycles. The average Bonchev–Trinajstić information content (AvgIpc) is 3.05. The Morgan fingerprint density at radius 1 is 1.27 bits per heavy atom. The zero-order valence-electron chi connectivity index (χ0n) is 14.4. The Morgan fingerprint density at radius 2 is 1.96 bits per heavy atom. The zero-order valence-corrected chi connectivity index (χ0v) is 15.2. The highest BCUT2D eigenvalue weighted by atomic mass is 32.1. The number of fused-ring (bicyclic) bond motifs is 1. The summed E-state index contributed by atoms with van der Waals surface area (Å²) in [6.45, 7) is 2.32. The van der Waals surface area contributed by atoms with Crippen molar-refractivity contribution in [3.63, 3.8) is 0 Å². The Balaban J connectivity index is 1.61. The smallest absolute Gasteiger partial charge is 0.279 e. The van der Waals surface area contributed by atoms with Crippen LogP contribution < -0.4 is 10.2 Å². The lowest BCUT2D eigenvalue weighted by Crippen LogP contribution is -3.10. The molecule has 7 nitrogen and oxygen atoms in total. The molecule has 0 aliphatic rings. The van der Waals surface area contributed by atoms with Gasteiger partial charge in [0.15, 0.2) is 11.6 Å². The van der Waals surface area contributed by atoms with Crippen LogP contribution in [0, 0.1) is 10.1 Å². The van der Waals surface area contributed by atoms with E-state index in [1.54, 1.807) is 11.3 Å². The summed E-state index contributed by atoms with van der Waals surface area (Å²) >= 11 is 1.64. The Hall–Kier alpha value is -2.84.